The maximum absolute atomic E-state index is 12.2. The monoisotopic (exact) mass is 378 g/mol. The number of rotatable bonds is 6. The number of amides is 1. The van der Waals surface area contributed by atoms with Crippen LogP contribution in [-0.4, -0.2) is 24.0 Å². The fraction of sp³-hybridized carbons (Fsp3) is 0.318. The van der Waals surface area contributed by atoms with Gasteiger partial charge in [0.15, 0.2) is 6.61 Å². The highest BCUT2D eigenvalue weighted by Gasteiger charge is 2.33. The summed E-state index contributed by atoms with van der Waals surface area (Å²) in [6.07, 6.45) is 4.15. The second kappa shape index (κ2) is 9.05. The molecule has 2 aromatic carbocycles. The number of hydrogen-bond donors (Lipinski definition) is 1. The smallest absolute Gasteiger partial charge is 0.338 e. The first kappa shape index (κ1) is 19.4. The Morgan fingerprint density at radius 2 is 1.61 bits per heavy atom. The van der Waals surface area contributed by atoms with Crippen LogP contribution in [0.3, 0.4) is 0 Å². The van der Waals surface area contributed by atoms with Gasteiger partial charge in [-0.05, 0) is 49.2 Å². The van der Waals surface area contributed by atoms with E-state index >= 15 is 0 Å². The summed E-state index contributed by atoms with van der Waals surface area (Å²) >= 11 is 0. The molecule has 1 aliphatic carbocycles. The van der Waals surface area contributed by atoms with Crippen LogP contribution in [0.5, 0.6) is 11.5 Å². The Morgan fingerprint density at radius 3 is 2.25 bits per heavy atom. The van der Waals surface area contributed by atoms with Gasteiger partial charge in [0, 0.05) is 0 Å². The number of nitrogens with one attached hydrogen (secondary N) is 1. The second-order valence-corrected chi connectivity index (χ2v) is 6.82. The van der Waals surface area contributed by atoms with Crippen LogP contribution in [0, 0.1) is 11.3 Å². The zero-order valence-corrected chi connectivity index (χ0v) is 15.5. The molecule has 6 nitrogen and oxygen atoms in total. The quantitative estimate of drug-likeness (QED) is 0.768. The lowest BCUT2D eigenvalue weighted by Gasteiger charge is -2.31. The maximum Gasteiger partial charge on any atom is 0.338 e. The first-order chi connectivity index (χ1) is 13.6. The summed E-state index contributed by atoms with van der Waals surface area (Å²) in [6.45, 7) is -0.412. The van der Waals surface area contributed by atoms with Gasteiger partial charge in [0.1, 0.15) is 17.0 Å². The molecular weight excluding hydrogens is 356 g/mol. The fourth-order valence-electron chi connectivity index (χ4n) is 3.22. The summed E-state index contributed by atoms with van der Waals surface area (Å²) in [5, 5.41) is 12.1. The van der Waals surface area contributed by atoms with Crippen molar-refractivity contribution >= 4 is 11.9 Å². The molecule has 0 atom stereocenters. The van der Waals surface area contributed by atoms with Crippen LogP contribution in [-0.2, 0) is 9.53 Å². The molecule has 0 saturated heterocycles. The SMILES string of the molecule is N#CC1(NC(=O)COC(=O)c2ccc(Oc3ccccc3)cc2)CCCCC1. The van der Waals surface area contributed by atoms with E-state index in [4.69, 9.17) is 9.47 Å². The van der Waals surface area contributed by atoms with E-state index in [2.05, 4.69) is 11.4 Å². The third-order valence-electron chi connectivity index (χ3n) is 4.70. The summed E-state index contributed by atoms with van der Waals surface area (Å²) in [6, 6.07) is 18.0. The molecule has 0 radical (unpaired) electrons. The molecule has 1 N–H and O–H groups in total. The predicted octanol–water partition coefficient (Wildman–Crippen LogP) is 3.98. The van der Waals surface area contributed by atoms with Crippen molar-refractivity contribution in [3.63, 3.8) is 0 Å². The molecule has 144 valence electrons. The van der Waals surface area contributed by atoms with Gasteiger partial charge in [0.2, 0.25) is 0 Å². The first-order valence-corrected chi connectivity index (χ1v) is 9.33. The molecule has 1 aliphatic rings. The van der Waals surface area contributed by atoms with E-state index in [9.17, 15) is 14.9 Å². The molecule has 1 saturated carbocycles. The Balaban J connectivity index is 1.50. The van der Waals surface area contributed by atoms with Crippen molar-refractivity contribution < 1.29 is 19.1 Å². The topological polar surface area (TPSA) is 88.4 Å². The Kier molecular flexibility index (Phi) is 6.28. The molecule has 0 heterocycles. The van der Waals surface area contributed by atoms with Gasteiger partial charge in [-0.3, -0.25) is 4.79 Å². The van der Waals surface area contributed by atoms with Gasteiger partial charge in [-0.2, -0.15) is 5.26 Å². The van der Waals surface area contributed by atoms with Gasteiger partial charge in [-0.25, -0.2) is 4.79 Å². The number of carbonyl (C=O) groups is 2. The molecule has 1 fully saturated rings. The van der Waals surface area contributed by atoms with E-state index < -0.39 is 24.0 Å². The van der Waals surface area contributed by atoms with Gasteiger partial charge in [-0.1, -0.05) is 37.5 Å². The molecule has 0 unspecified atom stereocenters. The number of esters is 1. The van der Waals surface area contributed by atoms with Crippen LogP contribution in [0.15, 0.2) is 54.6 Å². The van der Waals surface area contributed by atoms with Gasteiger partial charge >= 0.3 is 5.97 Å². The van der Waals surface area contributed by atoms with E-state index in [0.717, 1.165) is 19.3 Å². The van der Waals surface area contributed by atoms with E-state index in [0.29, 0.717) is 29.9 Å². The number of carbonyl (C=O) groups excluding carboxylic acids is 2. The lowest BCUT2D eigenvalue weighted by atomic mass is 9.83. The number of benzene rings is 2. The minimum absolute atomic E-state index is 0.320. The summed E-state index contributed by atoms with van der Waals surface area (Å²) in [4.78, 5) is 24.3. The molecule has 2 aromatic rings. The summed E-state index contributed by atoms with van der Waals surface area (Å²) in [7, 11) is 0. The Morgan fingerprint density at radius 1 is 0.964 bits per heavy atom. The molecule has 0 spiro atoms. The Labute approximate surface area is 164 Å². The van der Waals surface area contributed by atoms with Crippen LogP contribution in [0.1, 0.15) is 42.5 Å². The van der Waals surface area contributed by atoms with Crippen molar-refractivity contribution in [3.8, 4) is 17.6 Å². The van der Waals surface area contributed by atoms with Gasteiger partial charge in [0.25, 0.3) is 5.91 Å². The van der Waals surface area contributed by atoms with Crippen LogP contribution in [0.2, 0.25) is 0 Å². The number of nitriles is 1. The van der Waals surface area contributed by atoms with Crippen molar-refractivity contribution in [2.24, 2.45) is 0 Å². The van der Waals surface area contributed by atoms with Crippen LogP contribution >= 0.6 is 0 Å². The Hall–Kier alpha value is -3.33. The average molecular weight is 378 g/mol. The number of hydrogen-bond acceptors (Lipinski definition) is 5. The molecule has 28 heavy (non-hydrogen) atoms. The molecule has 3 rings (SSSR count). The number of nitrogens with zero attached hydrogens (tertiary/aromatic N) is 1. The van der Waals surface area contributed by atoms with Crippen molar-refractivity contribution in [1.82, 2.24) is 5.32 Å². The van der Waals surface area contributed by atoms with Crippen LogP contribution in [0.25, 0.3) is 0 Å². The summed E-state index contributed by atoms with van der Waals surface area (Å²) < 4.78 is 10.8. The standard InChI is InChI=1S/C22H22N2O4/c23-16-22(13-5-2-6-14-22)24-20(25)15-27-21(26)17-9-11-19(12-10-17)28-18-7-3-1-4-8-18/h1,3-4,7-12H,2,5-6,13-15H2,(H,24,25). The minimum Gasteiger partial charge on any atom is -0.457 e. The normalized spacial score (nSPS) is 15.1. The second-order valence-electron chi connectivity index (χ2n) is 6.82. The minimum atomic E-state index is -0.835. The lowest BCUT2D eigenvalue weighted by Crippen LogP contribution is -2.50. The Bertz CT molecular complexity index is 850. The first-order valence-electron chi connectivity index (χ1n) is 9.33. The van der Waals surface area contributed by atoms with E-state index in [-0.39, 0.29) is 0 Å². The van der Waals surface area contributed by atoms with E-state index in [1.54, 1.807) is 24.3 Å². The van der Waals surface area contributed by atoms with Crippen molar-refractivity contribution in [1.29, 1.82) is 5.26 Å². The molecule has 0 aromatic heterocycles. The van der Waals surface area contributed by atoms with Gasteiger partial charge in [0.05, 0.1) is 11.6 Å². The zero-order chi connectivity index (χ0) is 19.8. The van der Waals surface area contributed by atoms with Crippen molar-refractivity contribution in [3.05, 3.63) is 60.2 Å². The lowest BCUT2D eigenvalue weighted by molar-refractivity contribution is -0.125. The van der Waals surface area contributed by atoms with Crippen LogP contribution in [0.4, 0.5) is 0 Å². The largest absolute Gasteiger partial charge is 0.457 e. The number of para-hydroxylation sites is 1. The van der Waals surface area contributed by atoms with Crippen molar-refractivity contribution in [2.45, 2.75) is 37.6 Å². The molecule has 0 bridgehead atoms. The number of ether oxygens (including phenoxy) is 2. The summed E-state index contributed by atoms with van der Waals surface area (Å²) in [5.74, 6) is 0.231. The van der Waals surface area contributed by atoms with E-state index in [1.165, 1.54) is 0 Å². The van der Waals surface area contributed by atoms with E-state index in [1.807, 2.05) is 30.3 Å². The molecular formula is C22H22N2O4. The van der Waals surface area contributed by atoms with Crippen molar-refractivity contribution in [2.75, 3.05) is 6.61 Å². The van der Waals surface area contributed by atoms with Gasteiger partial charge < -0.3 is 14.8 Å². The third-order valence-corrected chi connectivity index (χ3v) is 4.70. The summed E-state index contributed by atoms with van der Waals surface area (Å²) in [5.41, 5.74) is -0.515. The third kappa shape index (κ3) is 5.10. The molecule has 6 heteroatoms. The zero-order valence-electron chi connectivity index (χ0n) is 15.5. The average Bonchev–Trinajstić information content (AvgIpc) is 2.74. The maximum atomic E-state index is 12.2. The molecule has 1 amide bonds. The highest BCUT2D eigenvalue weighted by molar-refractivity contribution is 5.91. The highest BCUT2D eigenvalue weighted by atomic mass is 16.5. The van der Waals surface area contributed by atoms with Crippen LogP contribution < -0.4 is 10.1 Å². The van der Waals surface area contributed by atoms with Gasteiger partial charge in [-0.15, -0.1) is 0 Å². The predicted molar refractivity (Wildman–Crippen MR) is 103 cm³/mol. The molecule has 0 aliphatic heterocycles. The highest BCUT2D eigenvalue weighted by Crippen LogP contribution is 2.27. The fourth-order valence-corrected chi connectivity index (χ4v) is 3.22.